The summed E-state index contributed by atoms with van der Waals surface area (Å²) >= 11 is 5.93. The fourth-order valence-corrected chi connectivity index (χ4v) is 5.16. The highest BCUT2D eigenvalue weighted by atomic mass is 35.5. The molecule has 6 nitrogen and oxygen atoms in total. The molecule has 1 N–H and O–H groups in total. The largest absolute Gasteiger partial charge is 0.381 e. The fraction of sp³-hybridized carbons (Fsp3) is 0.500. The molecule has 180 valence electrons. The molecule has 1 aliphatic carbocycles. The van der Waals surface area contributed by atoms with Crippen molar-refractivity contribution < 1.29 is 18.7 Å². The van der Waals surface area contributed by atoms with Crippen molar-refractivity contribution in [2.45, 2.75) is 57.2 Å². The van der Waals surface area contributed by atoms with Crippen LogP contribution in [0.25, 0.3) is 0 Å². The number of hydrogen-bond donors (Lipinski definition) is 1. The Balaban J connectivity index is 1.38. The molecule has 2 amide bonds. The van der Waals surface area contributed by atoms with E-state index in [4.69, 9.17) is 16.3 Å². The number of fused-ring (bicyclic) bond motifs is 1. The first-order valence-electron chi connectivity index (χ1n) is 11.8. The van der Waals surface area contributed by atoms with E-state index in [1.165, 1.54) is 6.07 Å². The van der Waals surface area contributed by atoms with Crippen LogP contribution in [0.1, 0.15) is 61.3 Å². The summed E-state index contributed by atoms with van der Waals surface area (Å²) in [5, 5.41) is 3.34. The second-order valence-corrected chi connectivity index (χ2v) is 11.1. The number of amides is 2. The molecule has 3 fully saturated rings. The number of piperidine rings is 1. The van der Waals surface area contributed by atoms with Gasteiger partial charge in [0.1, 0.15) is 11.9 Å². The number of pyridine rings is 1. The molecule has 0 radical (unpaired) electrons. The lowest BCUT2D eigenvalue weighted by Crippen LogP contribution is -2.51. The van der Waals surface area contributed by atoms with Gasteiger partial charge in [0.2, 0.25) is 5.91 Å². The van der Waals surface area contributed by atoms with Crippen molar-refractivity contribution in [3.05, 3.63) is 64.2 Å². The summed E-state index contributed by atoms with van der Waals surface area (Å²) in [6, 6.07) is 6.97. The van der Waals surface area contributed by atoms with Crippen molar-refractivity contribution in [2.75, 3.05) is 13.2 Å². The van der Waals surface area contributed by atoms with Crippen LogP contribution in [-0.4, -0.2) is 47.0 Å². The molecule has 5 rings (SSSR count). The molecule has 2 aliphatic heterocycles. The van der Waals surface area contributed by atoms with Gasteiger partial charge in [-0.2, -0.15) is 0 Å². The van der Waals surface area contributed by atoms with Crippen LogP contribution in [0.4, 0.5) is 4.39 Å². The van der Waals surface area contributed by atoms with Gasteiger partial charge in [-0.15, -0.1) is 0 Å². The minimum absolute atomic E-state index is 0.0331. The highest BCUT2D eigenvalue weighted by Gasteiger charge is 2.56. The first-order chi connectivity index (χ1) is 16.1. The Morgan fingerprint density at radius 2 is 1.97 bits per heavy atom. The van der Waals surface area contributed by atoms with E-state index in [0.29, 0.717) is 41.7 Å². The summed E-state index contributed by atoms with van der Waals surface area (Å²) in [7, 11) is 0. The molecule has 1 unspecified atom stereocenters. The Morgan fingerprint density at radius 1 is 1.21 bits per heavy atom. The topological polar surface area (TPSA) is 71.5 Å². The Labute approximate surface area is 203 Å². The third-order valence-corrected chi connectivity index (χ3v) is 7.38. The van der Waals surface area contributed by atoms with Crippen molar-refractivity contribution in [3.8, 4) is 0 Å². The second kappa shape index (κ2) is 8.61. The average molecular weight is 486 g/mol. The van der Waals surface area contributed by atoms with E-state index in [9.17, 15) is 14.0 Å². The van der Waals surface area contributed by atoms with E-state index in [1.54, 1.807) is 29.3 Å². The van der Waals surface area contributed by atoms with Gasteiger partial charge in [0.25, 0.3) is 5.91 Å². The number of nitrogens with zero attached hydrogens (tertiary/aromatic N) is 2. The van der Waals surface area contributed by atoms with Crippen LogP contribution in [0.15, 0.2) is 36.5 Å². The predicted octanol–water partition coefficient (Wildman–Crippen LogP) is 4.28. The summed E-state index contributed by atoms with van der Waals surface area (Å²) in [6.07, 6.45) is 3.19. The molecule has 2 aromatic rings. The molecule has 3 aliphatic rings. The third kappa shape index (κ3) is 4.31. The Bertz CT molecular complexity index is 1130. The molecule has 3 heterocycles. The van der Waals surface area contributed by atoms with E-state index in [0.717, 1.165) is 12.1 Å². The van der Waals surface area contributed by atoms with Gasteiger partial charge in [0, 0.05) is 45.4 Å². The minimum Gasteiger partial charge on any atom is -0.381 e. The fourth-order valence-electron chi connectivity index (χ4n) is 5.00. The lowest BCUT2D eigenvalue weighted by molar-refractivity contribution is -0.128. The number of halogens is 2. The number of carbonyl (C=O) groups is 2. The molecule has 2 saturated heterocycles. The standard InChI is InChI=1S/C26H29ClFN3O3/c1-26(2,3)22-10-14(6-7-29-22)25(33)31-20-8-15(20)9-21(31)24(32)30-23(16-12-34-13-16)18-5-4-17(27)11-19(18)28/h4-7,10-11,15-16,20-21,23H,8-9,12-13H2,1-3H3,(H,30,32)/t15-,20-,21-,23?/m1/s1. The maximum atomic E-state index is 14.7. The SMILES string of the molecule is CC(C)(C)c1cc(C(=O)N2[C@@H](C(=O)NC(c3ccc(Cl)cc3F)C3COC3)C[C@H]3C[C@H]32)ccn1. The van der Waals surface area contributed by atoms with E-state index < -0.39 is 17.9 Å². The zero-order chi connectivity index (χ0) is 24.2. The number of carbonyl (C=O) groups excluding carboxylic acids is 2. The number of nitrogens with one attached hydrogen (secondary N) is 1. The number of likely N-dealkylation sites (tertiary alicyclic amines) is 1. The molecular formula is C26H29ClFN3O3. The third-order valence-electron chi connectivity index (χ3n) is 7.15. The van der Waals surface area contributed by atoms with Gasteiger partial charge in [0.05, 0.1) is 19.3 Å². The van der Waals surface area contributed by atoms with Crippen molar-refractivity contribution in [1.82, 2.24) is 15.2 Å². The van der Waals surface area contributed by atoms with E-state index >= 15 is 0 Å². The van der Waals surface area contributed by atoms with Gasteiger partial charge < -0.3 is 15.0 Å². The molecule has 34 heavy (non-hydrogen) atoms. The molecule has 1 aromatic heterocycles. The number of aromatic nitrogens is 1. The Hall–Kier alpha value is -2.51. The Kier molecular flexibility index (Phi) is 5.89. The van der Waals surface area contributed by atoms with Crippen LogP contribution >= 0.6 is 11.6 Å². The maximum absolute atomic E-state index is 14.7. The summed E-state index contributed by atoms with van der Waals surface area (Å²) in [6.45, 7) is 7.03. The van der Waals surface area contributed by atoms with Gasteiger partial charge in [-0.1, -0.05) is 38.4 Å². The van der Waals surface area contributed by atoms with Crippen LogP contribution in [0.3, 0.4) is 0 Å². The van der Waals surface area contributed by atoms with Crippen LogP contribution in [0.5, 0.6) is 0 Å². The molecule has 1 saturated carbocycles. The molecule has 8 heteroatoms. The quantitative estimate of drug-likeness (QED) is 0.686. The average Bonchev–Trinajstić information content (AvgIpc) is 3.40. The number of ether oxygens (including phenoxy) is 1. The van der Waals surface area contributed by atoms with E-state index in [-0.39, 0.29) is 29.2 Å². The monoisotopic (exact) mass is 485 g/mol. The minimum atomic E-state index is -0.582. The van der Waals surface area contributed by atoms with Crippen molar-refractivity contribution in [2.24, 2.45) is 11.8 Å². The van der Waals surface area contributed by atoms with Gasteiger partial charge >= 0.3 is 0 Å². The van der Waals surface area contributed by atoms with Crippen LogP contribution < -0.4 is 5.32 Å². The van der Waals surface area contributed by atoms with Crippen molar-refractivity contribution >= 4 is 23.4 Å². The summed E-state index contributed by atoms with van der Waals surface area (Å²) < 4.78 is 20.0. The van der Waals surface area contributed by atoms with Crippen LogP contribution in [0.2, 0.25) is 5.02 Å². The van der Waals surface area contributed by atoms with E-state index in [2.05, 4.69) is 10.3 Å². The maximum Gasteiger partial charge on any atom is 0.254 e. The molecular weight excluding hydrogens is 457 g/mol. The molecule has 1 aromatic carbocycles. The van der Waals surface area contributed by atoms with Gasteiger partial charge in [-0.25, -0.2) is 4.39 Å². The smallest absolute Gasteiger partial charge is 0.254 e. The normalized spacial score (nSPS) is 24.9. The second-order valence-electron chi connectivity index (χ2n) is 10.7. The summed E-state index contributed by atoms with van der Waals surface area (Å²) in [5.41, 5.74) is 1.56. The summed E-state index contributed by atoms with van der Waals surface area (Å²) in [5.74, 6) is -0.565. The summed E-state index contributed by atoms with van der Waals surface area (Å²) in [4.78, 5) is 33.2. The molecule has 0 bridgehead atoms. The molecule has 0 spiro atoms. The first kappa shape index (κ1) is 23.2. The Morgan fingerprint density at radius 3 is 2.62 bits per heavy atom. The highest BCUT2D eigenvalue weighted by Crippen LogP contribution is 2.48. The van der Waals surface area contributed by atoms with Gasteiger partial charge in [-0.3, -0.25) is 14.6 Å². The van der Waals surface area contributed by atoms with Crippen molar-refractivity contribution in [3.63, 3.8) is 0 Å². The zero-order valence-corrected chi connectivity index (χ0v) is 20.3. The first-order valence-corrected chi connectivity index (χ1v) is 12.1. The van der Waals surface area contributed by atoms with E-state index in [1.807, 2.05) is 26.8 Å². The van der Waals surface area contributed by atoms with Gasteiger partial charge in [0.15, 0.2) is 0 Å². The van der Waals surface area contributed by atoms with Gasteiger partial charge in [-0.05, 0) is 43.0 Å². The van der Waals surface area contributed by atoms with Crippen LogP contribution in [-0.2, 0) is 14.9 Å². The predicted molar refractivity (Wildman–Crippen MR) is 126 cm³/mol. The van der Waals surface area contributed by atoms with Crippen LogP contribution in [0, 0.1) is 17.7 Å². The molecule has 4 atom stereocenters. The number of benzene rings is 1. The number of rotatable bonds is 5. The number of hydrogen-bond acceptors (Lipinski definition) is 4. The lowest BCUT2D eigenvalue weighted by Gasteiger charge is -2.36. The van der Waals surface area contributed by atoms with Crippen molar-refractivity contribution in [1.29, 1.82) is 0 Å². The lowest BCUT2D eigenvalue weighted by atomic mass is 9.90. The zero-order valence-electron chi connectivity index (χ0n) is 19.6. The highest BCUT2D eigenvalue weighted by molar-refractivity contribution is 6.30.